The van der Waals surface area contributed by atoms with Crippen LogP contribution in [0, 0.1) is 0 Å². The van der Waals surface area contributed by atoms with Gasteiger partial charge in [-0.3, -0.25) is 0 Å². The fraction of sp³-hybridized carbons (Fsp3) is 0.692. The highest BCUT2D eigenvalue weighted by molar-refractivity contribution is 5.34. The maximum absolute atomic E-state index is 12.7. The molecule has 1 aromatic heterocycles. The van der Waals surface area contributed by atoms with Crippen LogP contribution in [0.2, 0.25) is 0 Å². The number of ether oxygens (including phenoxy) is 2. The van der Waals surface area contributed by atoms with E-state index in [1.165, 1.54) is 0 Å². The van der Waals surface area contributed by atoms with Crippen molar-refractivity contribution in [2.24, 2.45) is 0 Å². The lowest BCUT2D eigenvalue weighted by molar-refractivity contribution is -0.141. The van der Waals surface area contributed by atoms with Crippen molar-refractivity contribution in [3.8, 4) is 0 Å². The minimum atomic E-state index is -4.46. The number of rotatable bonds is 2. The van der Waals surface area contributed by atoms with Crippen molar-refractivity contribution in [2.45, 2.75) is 30.7 Å². The molecule has 2 aliphatic heterocycles. The highest BCUT2D eigenvalue weighted by Gasteiger charge is 2.46. The van der Waals surface area contributed by atoms with E-state index in [1.807, 2.05) is 0 Å². The SMILES string of the molecule is CO[C@H]1CO[C@@]2(CCN(c3nccc(C(F)(F)F)n3)C2)C1. The van der Waals surface area contributed by atoms with Crippen LogP contribution in [-0.4, -0.2) is 48.5 Å². The molecule has 0 aliphatic carbocycles. The number of nitrogens with zero attached hydrogens (tertiary/aromatic N) is 3. The van der Waals surface area contributed by atoms with E-state index in [9.17, 15) is 13.2 Å². The summed E-state index contributed by atoms with van der Waals surface area (Å²) < 4.78 is 49.2. The maximum Gasteiger partial charge on any atom is 0.433 e. The highest BCUT2D eigenvalue weighted by atomic mass is 19.4. The molecule has 0 saturated carbocycles. The normalized spacial score (nSPS) is 29.5. The first-order chi connectivity index (χ1) is 9.92. The second kappa shape index (κ2) is 5.10. The Morgan fingerprint density at radius 1 is 1.48 bits per heavy atom. The van der Waals surface area contributed by atoms with Gasteiger partial charge in [-0.2, -0.15) is 13.2 Å². The molecule has 116 valence electrons. The Labute approximate surface area is 120 Å². The van der Waals surface area contributed by atoms with Gasteiger partial charge in [0, 0.05) is 26.3 Å². The molecule has 8 heteroatoms. The predicted octanol–water partition coefficient (Wildman–Crippen LogP) is 1.88. The number of anilines is 1. The average molecular weight is 303 g/mol. The standard InChI is InChI=1S/C13H16F3N3O2/c1-20-9-6-12(21-7-9)3-5-19(8-12)11-17-4-2-10(18-11)13(14,15)16/h2,4,9H,3,5-8H2,1H3/t9-,12+/m1/s1. The second-order valence-electron chi connectivity index (χ2n) is 5.47. The van der Waals surface area contributed by atoms with Gasteiger partial charge in [-0.15, -0.1) is 0 Å². The monoisotopic (exact) mass is 303 g/mol. The fourth-order valence-corrected chi connectivity index (χ4v) is 2.91. The van der Waals surface area contributed by atoms with Crippen molar-refractivity contribution >= 4 is 5.95 Å². The Morgan fingerprint density at radius 3 is 2.95 bits per heavy atom. The Morgan fingerprint density at radius 2 is 2.29 bits per heavy atom. The Kier molecular flexibility index (Phi) is 3.53. The van der Waals surface area contributed by atoms with Crippen LogP contribution >= 0.6 is 0 Å². The zero-order valence-corrected chi connectivity index (χ0v) is 11.6. The highest BCUT2D eigenvalue weighted by Crippen LogP contribution is 2.37. The molecule has 0 N–H and O–H groups in total. The van der Waals surface area contributed by atoms with Gasteiger partial charge in [0.2, 0.25) is 5.95 Å². The van der Waals surface area contributed by atoms with Crippen LogP contribution in [0.15, 0.2) is 12.3 Å². The van der Waals surface area contributed by atoms with Crippen molar-refractivity contribution in [2.75, 3.05) is 31.7 Å². The summed E-state index contributed by atoms with van der Waals surface area (Å²) in [6.45, 7) is 1.60. The predicted molar refractivity (Wildman–Crippen MR) is 68.0 cm³/mol. The van der Waals surface area contributed by atoms with Gasteiger partial charge in [0.1, 0.15) is 5.69 Å². The molecule has 2 aliphatic rings. The first-order valence-corrected chi connectivity index (χ1v) is 6.74. The minimum absolute atomic E-state index is 0.0485. The fourth-order valence-electron chi connectivity index (χ4n) is 2.91. The molecule has 0 aromatic carbocycles. The smallest absolute Gasteiger partial charge is 0.379 e. The Hall–Kier alpha value is -1.41. The minimum Gasteiger partial charge on any atom is -0.379 e. The van der Waals surface area contributed by atoms with E-state index in [1.54, 1.807) is 12.0 Å². The summed E-state index contributed by atoms with van der Waals surface area (Å²) in [5, 5.41) is 0. The number of methoxy groups -OCH3 is 1. The van der Waals surface area contributed by atoms with Gasteiger partial charge >= 0.3 is 6.18 Å². The largest absolute Gasteiger partial charge is 0.433 e. The van der Waals surface area contributed by atoms with E-state index in [4.69, 9.17) is 9.47 Å². The molecule has 2 atom stereocenters. The lowest BCUT2D eigenvalue weighted by atomic mass is 9.98. The number of alkyl halides is 3. The summed E-state index contributed by atoms with van der Waals surface area (Å²) in [5.41, 5.74) is -1.27. The van der Waals surface area contributed by atoms with Crippen LogP contribution in [0.25, 0.3) is 0 Å². The molecule has 3 heterocycles. The molecule has 0 bridgehead atoms. The molecular formula is C13H16F3N3O2. The van der Waals surface area contributed by atoms with E-state index in [0.29, 0.717) is 19.7 Å². The van der Waals surface area contributed by atoms with E-state index in [-0.39, 0.29) is 17.7 Å². The molecule has 1 aromatic rings. The lowest BCUT2D eigenvalue weighted by Crippen LogP contribution is -2.33. The number of hydrogen-bond acceptors (Lipinski definition) is 5. The topological polar surface area (TPSA) is 47.5 Å². The van der Waals surface area contributed by atoms with Gasteiger partial charge < -0.3 is 14.4 Å². The van der Waals surface area contributed by atoms with Crippen LogP contribution in [0.5, 0.6) is 0 Å². The molecule has 1 spiro atoms. The summed E-state index contributed by atoms with van der Waals surface area (Å²) >= 11 is 0. The molecule has 3 rings (SSSR count). The Bertz CT molecular complexity index is 526. The zero-order chi connectivity index (χ0) is 15.1. The summed E-state index contributed by atoms with van der Waals surface area (Å²) in [4.78, 5) is 9.32. The zero-order valence-electron chi connectivity index (χ0n) is 11.6. The van der Waals surface area contributed by atoms with Crippen molar-refractivity contribution < 1.29 is 22.6 Å². The van der Waals surface area contributed by atoms with E-state index >= 15 is 0 Å². The van der Waals surface area contributed by atoms with E-state index in [2.05, 4.69) is 9.97 Å². The third-order valence-corrected chi connectivity index (χ3v) is 4.04. The summed E-state index contributed by atoms with van der Waals surface area (Å²) in [7, 11) is 1.63. The molecule has 2 fully saturated rings. The van der Waals surface area contributed by atoms with Crippen LogP contribution in [0.4, 0.5) is 19.1 Å². The quantitative estimate of drug-likeness (QED) is 0.835. The van der Waals surface area contributed by atoms with Gasteiger partial charge in [0.25, 0.3) is 0 Å². The van der Waals surface area contributed by atoms with Gasteiger partial charge in [-0.25, -0.2) is 9.97 Å². The second-order valence-corrected chi connectivity index (χ2v) is 5.47. The number of aromatic nitrogens is 2. The van der Waals surface area contributed by atoms with Crippen LogP contribution in [0.1, 0.15) is 18.5 Å². The van der Waals surface area contributed by atoms with Gasteiger partial charge in [-0.05, 0) is 12.5 Å². The van der Waals surface area contributed by atoms with Crippen molar-refractivity contribution in [3.05, 3.63) is 18.0 Å². The molecular weight excluding hydrogens is 287 g/mol. The Balaban J connectivity index is 1.75. The number of hydrogen-bond donors (Lipinski definition) is 0. The average Bonchev–Trinajstić information content (AvgIpc) is 3.06. The van der Waals surface area contributed by atoms with Crippen molar-refractivity contribution in [1.82, 2.24) is 9.97 Å². The van der Waals surface area contributed by atoms with E-state index in [0.717, 1.165) is 25.1 Å². The van der Waals surface area contributed by atoms with Gasteiger partial charge in [0.15, 0.2) is 0 Å². The van der Waals surface area contributed by atoms with Gasteiger partial charge in [-0.1, -0.05) is 0 Å². The summed E-state index contributed by atoms with van der Waals surface area (Å²) in [6, 6.07) is 0.877. The van der Waals surface area contributed by atoms with Crippen LogP contribution in [0.3, 0.4) is 0 Å². The van der Waals surface area contributed by atoms with Crippen LogP contribution < -0.4 is 4.90 Å². The van der Waals surface area contributed by atoms with E-state index < -0.39 is 11.9 Å². The third kappa shape index (κ3) is 2.82. The first kappa shape index (κ1) is 14.5. The lowest BCUT2D eigenvalue weighted by Gasteiger charge is -2.23. The van der Waals surface area contributed by atoms with Crippen molar-refractivity contribution in [3.63, 3.8) is 0 Å². The molecule has 0 unspecified atom stereocenters. The summed E-state index contributed by atoms with van der Waals surface area (Å²) in [5.74, 6) is 0.103. The molecule has 5 nitrogen and oxygen atoms in total. The molecule has 0 amide bonds. The molecule has 0 radical (unpaired) electrons. The molecule has 2 saturated heterocycles. The van der Waals surface area contributed by atoms with Gasteiger partial charge in [0.05, 0.1) is 24.9 Å². The first-order valence-electron chi connectivity index (χ1n) is 6.74. The number of halogens is 3. The van der Waals surface area contributed by atoms with Crippen molar-refractivity contribution in [1.29, 1.82) is 0 Å². The summed E-state index contributed by atoms with van der Waals surface area (Å²) in [6.07, 6.45) is -1.78. The molecule has 21 heavy (non-hydrogen) atoms. The maximum atomic E-state index is 12.7. The van der Waals surface area contributed by atoms with Crippen LogP contribution in [-0.2, 0) is 15.7 Å². The third-order valence-electron chi connectivity index (χ3n) is 4.04.